The summed E-state index contributed by atoms with van der Waals surface area (Å²) in [7, 11) is 4.91. The Morgan fingerprint density at radius 2 is 1.76 bits per heavy atom. The van der Waals surface area contributed by atoms with Crippen LogP contribution < -0.4 is 14.8 Å². The molecular formula is C17H20FNO2. The van der Waals surface area contributed by atoms with Gasteiger partial charge in [-0.25, -0.2) is 4.39 Å². The van der Waals surface area contributed by atoms with Crippen LogP contribution in [-0.2, 0) is 0 Å². The van der Waals surface area contributed by atoms with E-state index in [1.54, 1.807) is 25.3 Å². The fourth-order valence-corrected chi connectivity index (χ4v) is 2.49. The molecule has 0 bridgehead atoms. The SMILES string of the molecule is CNC(c1ccc(OC)c(C)c1)c1cccc(OC)c1F. The van der Waals surface area contributed by atoms with E-state index < -0.39 is 0 Å². The molecule has 1 atom stereocenters. The second-order valence-electron chi connectivity index (χ2n) is 4.81. The highest BCUT2D eigenvalue weighted by Crippen LogP contribution is 2.31. The first kappa shape index (κ1) is 15.3. The van der Waals surface area contributed by atoms with Crippen molar-refractivity contribution in [3.8, 4) is 11.5 Å². The smallest absolute Gasteiger partial charge is 0.170 e. The fraction of sp³-hybridized carbons (Fsp3) is 0.294. The third-order valence-corrected chi connectivity index (χ3v) is 3.56. The van der Waals surface area contributed by atoms with E-state index in [4.69, 9.17) is 9.47 Å². The molecule has 4 heteroatoms. The van der Waals surface area contributed by atoms with Crippen molar-refractivity contribution in [2.24, 2.45) is 0 Å². The molecule has 21 heavy (non-hydrogen) atoms. The maximum Gasteiger partial charge on any atom is 0.170 e. The summed E-state index contributed by atoms with van der Waals surface area (Å²) in [5.74, 6) is 0.727. The van der Waals surface area contributed by atoms with Crippen LogP contribution in [0.2, 0.25) is 0 Å². The molecule has 0 aliphatic heterocycles. The van der Waals surface area contributed by atoms with E-state index in [0.29, 0.717) is 5.56 Å². The topological polar surface area (TPSA) is 30.5 Å². The van der Waals surface area contributed by atoms with Gasteiger partial charge >= 0.3 is 0 Å². The number of ether oxygens (including phenoxy) is 2. The molecule has 1 N–H and O–H groups in total. The van der Waals surface area contributed by atoms with Crippen LogP contribution in [0.15, 0.2) is 36.4 Å². The number of rotatable bonds is 5. The lowest BCUT2D eigenvalue weighted by molar-refractivity contribution is 0.382. The van der Waals surface area contributed by atoms with E-state index in [1.165, 1.54) is 7.11 Å². The molecule has 0 saturated heterocycles. The van der Waals surface area contributed by atoms with Crippen LogP contribution >= 0.6 is 0 Å². The monoisotopic (exact) mass is 289 g/mol. The van der Waals surface area contributed by atoms with Gasteiger partial charge in [-0.3, -0.25) is 0 Å². The Morgan fingerprint density at radius 1 is 1.05 bits per heavy atom. The number of hydrogen-bond donors (Lipinski definition) is 1. The Bertz CT molecular complexity index is 628. The van der Waals surface area contributed by atoms with Crippen molar-refractivity contribution in [1.29, 1.82) is 0 Å². The highest BCUT2D eigenvalue weighted by atomic mass is 19.1. The summed E-state index contributed by atoms with van der Waals surface area (Å²) < 4.78 is 24.8. The molecule has 2 rings (SSSR count). The van der Waals surface area contributed by atoms with Crippen LogP contribution in [-0.4, -0.2) is 21.3 Å². The van der Waals surface area contributed by atoms with Gasteiger partial charge in [0.25, 0.3) is 0 Å². The van der Waals surface area contributed by atoms with E-state index in [0.717, 1.165) is 16.9 Å². The molecule has 2 aromatic carbocycles. The standard InChI is InChI=1S/C17H20FNO2/c1-11-10-12(8-9-14(11)20-3)17(19-2)13-6-5-7-15(21-4)16(13)18/h5-10,17,19H,1-4H3. The summed E-state index contributed by atoms with van der Waals surface area (Å²) in [6.45, 7) is 1.97. The molecular weight excluding hydrogens is 269 g/mol. The van der Waals surface area contributed by atoms with Gasteiger partial charge in [0.05, 0.1) is 20.3 Å². The predicted octanol–water partition coefficient (Wildman–Crippen LogP) is 3.46. The van der Waals surface area contributed by atoms with Crippen LogP contribution in [0.5, 0.6) is 11.5 Å². The molecule has 0 aromatic heterocycles. The second kappa shape index (κ2) is 6.59. The number of aryl methyl sites for hydroxylation is 1. The van der Waals surface area contributed by atoms with Crippen molar-refractivity contribution in [3.63, 3.8) is 0 Å². The van der Waals surface area contributed by atoms with Crippen molar-refractivity contribution < 1.29 is 13.9 Å². The summed E-state index contributed by atoms with van der Waals surface area (Å²) in [5.41, 5.74) is 2.54. The molecule has 2 aromatic rings. The summed E-state index contributed by atoms with van der Waals surface area (Å²) >= 11 is 0. The molecule has 112 valence electrons. The first-order chi connectivity index (χ1) is 10.1. The van der Waals surface area contributed by atoms with Crippen molar-refractivity contribution >= 4 is 0 Å². The lowest BCUT2D eigenvalue weighted by atomic mass is 9.96. The molecule has 0 heterocycles. The van der Waals surface area contributed by atoms with Gasteiger partial charge in [0.15, 0.2) is 11.6 Å². The zero-order chi connectivity index (χ0) is 15.4. The number of benzene rings is 2. The molecule has 0 spiro atoms. The van der Waals surface area contributed by atoms with Gasteiger partial charge in [0, 0.05) is 5.56 Å². The molecule has 3 nitrogen and oxygen atoms in total. The van der Waals surface area contributed by atoms with E-state index in [1.807, 2.05) is 32.2 Å². The van der Waals surface area contributed by atoms with Gasteiger partial charge in [-0.2, -0.15) is 0 Å². The summed E-state index contributed by atoms with van der Waals surface area (Å²) in [6.07, 6.45) is 0. The van der Waals surface area contributed by atoms with Crippen molar-refractivity contribution in [2.75, 3.05) is 21.3 Å². The van der Waals surface area contributed by atoms with E-state index >= 15 is 0 Å². The lowest BCUT2D eigenvalue weighted by Crippen LogP contribution is -2.19. The Kier molecular flexibility index (Phi) is 4.81. The van der Waals surface area contributed by atoms with Gasteiger partial charge in [0.1, 0.15) is 5.75 Å². The van der Waals surface area contributed by atoms with Crippen LogP contribution in [0.25, 0.3) is 0 Å². The maximum atomic E-state index is 14.5. The minimum absolute atomic E-state index is 0.246. The first-order valence-electron chi connectivity index (χ1n) is 6.76. The summed E-state index contributed by atoms with van der Waals surface area (Å²) in [6, 6.07) is 10.8. The largest absolute Gasteiger partial charge is 0.496 e. The van der Waals surface area contributed by atoms with E-state index in [2.05, 4.69) is 5.32 Å². The van der Waals surface area contributed by atoms with Crippen molar-refractivity contribution in [2.45, 2.75) is 13.0 Å². The predicted molar refractivity (Wildman–Crippen MR) is 81.6 cm³/mol. The zero-order valence-electron chi connectivity index (χ0n) is 12.7. The minimum Gasteiger partial charge on any atom is -0.496 e. The van der Waals surface area contributed by atoms with Crippen LogP contribution in [0.1, 0.15) is 22.7 Å². The highest BCUT2D eigenvalue weighted by molar-refractivity contribution is 5.43. The van der Waals surface area contributed by atoms with Gasteiger partial charge in [-0.15, -0.1) is 0 Å². The number of halogens is 1. The second-order valence-corrected chi connectivity index (χ2v) is 4.81. The zero-order valence-corrected chi connectivity index (χ0v) is 12.7. The van der Waals surface area contributed by atoms with E-state index in [-0.39, 0.29) is 17.6 Å². The minimum atomic E-state index is -0.340. The molecule has 0 fully saturated rings. The third kappa shape index (κ3) is 3.00. The van der Waals surface area contributed by atoms with Gasteiger partial charge in [-0.05, 0) is 37.2 Å². The fourth-order valence-electron chi connectivity index (χ4n) is 2.49. The average molecular weight is 289 g/mol. The summed E-state index contributed by atoms with van der Waals surface area (Å²) in [4.78, 5) is 0. The molecule has 0 saturated carbocycles. The Morgan fingerprint density at radius 3 is 2.33 bits per heavy atom. The summed E-state index contributed by atoms with van der Waals surface area (Å²) in [5, 5.41) is 3.16. The van der Waals surface area contributed by atoms with Crippen LogP contribution in [0.4, 0.5) is 4.39 Å². The Labute approximate surface area is 124 Å². The normalized spacial score (nSPS) is 12.0. The molecule has 0 radical (unpaired) electrons. The Hall–Kier alpha value is -2.07. The van der Waals surface area contributed by atoms with Gasteiger partial charge < -0.3 is 14.8 Å². The van der Waals surface area contributed by atoms with Gasteiger partial charge in [-0.1, -0.05) is 24.3 Å². The molecule has 0 aliphatic rings. The molecule has 0 amide bonds. The number of nitrogens with one attached hydrogen (secondary N) is 1. The number of hydrogen-bond acceptors (Lipinski definition) is 3. The average Bonchev–Trinajstić information content (AvgIpc) is 2.50. The molecule has 0 aliphatic carbocycles. The van der Waals surface area contributed by atoms with Crippen LogP contribution in [0.3, 0.4) is 0 Å². The lowest BCUT2D eigenvalue weighted by Gasteiger charge is -2.20. The highest BCUT2D eigenvalue weighted by Gasteiger charge is 2.19. The number of methoxy groups -OCH3 is 2. The maximum absolute atomic E-state index is 14.5. The van der Waals surface area contributed by atoms with Crippen LogP contribution in [0, 0.1) is 12.7 Å². The van der Waals surface area contributed by atoms with Crippen molar-refractivity contribution in [1.82, 2.24) is 5.32 Å². The molecule has 1 unspecified atom stereocenters. The third-order valence-electron chi connectivity index (χ3n) is 3.56. The van der Waals surface area contributed by atoms with E-state index in [9.17, 15) is 4.39 Å². The Balaban J connectivity index is 2.47. The quantitative estimate of drug-likeness (QED) is 0.914. The first-order valence-corrected chi connectivity index (χ1v) is 6.76. The van der Waals surface area contributed by atoms with Crippen molar-refractivity contribution in [3.05, 3.63) is 58.9 Å². The van der Waals surface area contributed by atoms with Gasteiger partial charge in [0.2, 0.25) is 0 Å².